The first kappa shape index (κ1) is 16.6. The van der Waals surface area contributed by atoms with Gasteiger partial charge in [-0.1, -0.05) is 37.0 Å². The van der Waals surface area contributed by atoms with Crippen LogP contribution in [0, 0.1) is 5.92 Å². The van der Waals surface area contributed by atoms with Crippen molar-refractivity contribution in [2.24, 2.45) is 5.92 Å². The third-order valence-electron chi connectivity index (χ3n) is 4.16. The van der Waals surface area contributed by atoms with Crippen LogP contribution >= 0.6 is 34.5 Å². The normalized spacial score (nSPS) is 19.7. The Labute approximate surface area is 136 Å². The molecular weight excluding hydrogens is 311 g/mol. The molecule has 5 heteroatoms. The molecular formula is C15H24Cl2N2S. The van der Waals surface area contributed by atoms with Crippen LogP contribution in [0.25, 0.3) is 0 Å². The Balaban J connectivity index is 1.93. The van der Waals surface area contributed by atoms with Gasteiger partial charge in [0.1, 0.15) is 0 Å². The van der Waals surface area contributed by atoms with Crippen molar-refractivity contribution in [1.82, 2.24) is 10.2 Å². The molecule has 2 rings (SSSR count). The predicted molar refractivity (Wildman–Crippen MR) is 90.2 cm³/mol. The Morgan fingerprint density at radius 3 is 2.40 bits per heavy atom. The monoisotopic (exact) mass is 334 g/mol. The summed E-state index contributed by atoms with van der Waals surface area (Å²) in [6, 6.07) is 2.83. The third-order valence-corrected chi connectivity index (χ3v) is 5.68. The third kappa shape index (κ3) is 4.11. The number of nitrogens with one attached hydrogen (secondary N) is 1. The maximum atomic E-state index is 6.23. The molecule has 1 fully saturated rings. The lowest BCUT2D eigenvalue weighted by atomic mass is 10.0. The highest BCUT2D eigenvalue weighted by Crippen LogP contribution is 2.34. The first-order valence-electron chi connectivity index (χ1n) is 7.41. The molecule has 0 saturated carbocycles. The fourth-order valence-corrected chi connectivity index (χ4v) is 4.56. The standard InChI is InChI=1S/C15H24Cl2N2S/c1-10(2)13(19-6-4-5-7-19)9-18-11(3)12-8-14(16)20-15(12)17/h8,10-11,13,18H,4-7,9H2,1-3H3. The second kappa shape index (κ2) is 7.46. The van der Waals surface area contributed by atoms with E-state index in [2.05, 4.69) is 31.0 Å². The van der Waals surface area contributed by atoms with Crippen molar-refractivity contribution in [3.63, 3.8) is 0 Å². The lowest BCUT2D eigenvalue weighted by Crippen LogP contribution is -2.44. The molecule has 1 aromatic rings. The van der Waals surface area contributed by atoms with E-state index < -0.39 is 0 Å². The number of nitrogens with zero attached hydrogens (tertiary/aromatic N) is 1. The molecule has 0 aliphatic carbocycles. The summed E-state index contributed by atoms with van der Waals surface area (Å²) in [5, 5.41) is 3.63. The van der Waals surface area contributed by atoms with Gasteiger partial charge in [0.15, 0.2) is 0 Å². The van der Waals surface area contributed by atoms with E-state index in [-0.39, 0.29) is 6.04 Å². The highest BCUT2D eigenvalue weighted by Gasteiger charge is 2.25. The maximum Gasteiger partial charge on any atom is 0.0991 e. The van der Waals surface area contributed by atoms with Crippen molar-refractivity contribution >= 4 is 34.5 Å². The Morgan fingerprint density at radius 2 is 1.90 bits per heavy atom. The summed E-state index contributed by atoms with van der Waals surface area (Å²) in [5.41, 5.74) is 1.12. The molecule has 0 bridgehead atoms. The van der Waals surface area contributed by atoms with Gasteiger partial charge >= 0.3 is 0 Å². The average Bonchev–Trinajstić information content (AvgIpc) is 2.99. The lowest BCUT2D eigenvalue weighted by Gasteiger charge is -2.32. The molecule has 20 heavy (non-hydrogen) atoms. The van der Waals surface area contributed by atoms with E-state index in [9.17, 15) is 0 Å². The molecule has 2 unspecified atom stereocenters. The van der Waals surface area contributed by atoms with Gasteiger partial charge in [0, 0.05) is 18.6 Å². The van der Waals surface area contributed by atoms with E-state index in [4.69, 9.17) is 23.2 Å². The van der Waals surface area contributed by atoms with E-state index in [1.807, 2.05) is 6.07 Å². The summed E-state index contributed by atoms with van der Waals surface area (Å²) in [7, 11) is 0. The van der Waals surface area contributed by atoms with Crippen LogP contribution in [-0.4, -0.2) is 30.6 Å². The first-order chi connectivity index (χ1) is 9.49. The molecule has 2 heterocycles. The van der Waals surface area contributed by atoms with Crippen LogP contribution < -0.4 is 5.32 Å². The lowest BCUT2D eigenvalue weighted by molar-refractivity contribution is 0.183. The Kier molecular flexibility index (Phi) is 6.18. The van der Waals surface area contributed by atoms with Gasteiger partial charge in [0.05, 0.1) is 8.67 Å². The smallest absolute Gasteiger partial charge is 0.0991 e. The molecule has 0 aromatic carbocycles. The highest BCUT2D eigenvalue weighted by atomic mass is 35.5. The van der Waals surface area contributed by atoms with Crippen LogP contribution in [0.1, 0.15) is 45.2 Å². The van der Waals surface area contributed by atoms with Gasteiger partial charge < -0.3 is 5.32 Å². The molecule has 1 aliphatic rings. The van der Waals surface area contributed by atoms with E-state index in [0.717, 1.165) is 20.8 Å². The van der Waals surface area contributed by atoms with Crippen molar-refractivity contribution in [3.8, 4) is 0 Å². The van der Waals surface area contributed by atoms with Gasteiger partial charge in [-0.05, 0) is 50.4 Å². The molecule has 2 atom stereocenters. The van der Waals surface area contributed by atoms with E-state index in [1.165, 1.54) is 37.3 Å². The zero-order valence-corrected chi connectivity index (χ0v) is 14.8. The van der Waals surface area contributed by atoms with Gasteiger partial charge in [-0.25, -0.2) is 0 Å². The van der Waals surface area contributed by atoms with Gasteiger partial charge in [-0.3, -0.25) is 4.90 Å². The fraction of sp³-hybridized carbons (Fsp3) is 0.733. The van der Waals surface area contributed by atoms with Crippen molar-refractivity contribution < 1.29 is 0 Å². The Hall–Kier alpha value is 0.200. The molecule has 1 saturated heterocycles. The minimum absolute atomic E-state index is 0.245. The van der Waals surface area contributed by atoms with Crippen molar-refractivity contribution in [1.29, 1.82) is 0 Å². The van der Waals surface area contributed by atoms with Crippen LogP contribution in [-0.2, 0) is 0 Å². The minimum Gasteiger partial charge on any atom is -0.309 e. The van der Waals surface area contributed by atoms with Gasteiger partial charge in [-0.2, -0.15) is 0 Å². The van der Waals surface area contributed by atoms with Crippen molar-refractivity contribution in [2.75, 3.05) is 19.6 Å². The molecule has 114 valence electrons. The molecule has 1 aliphatic heterocycles. The fourth-order valence-electron chi connectivity index (χ4n) is 2.92. The molecule has 1 aromatic heterocycles. The number of hydrogen-bond donors (Lipinski definition) is 1. The molecule has 0 radical (unpaired) electrons. The number of hydrogen-bond acceptors (Lipinski definition) is 3. The zero-order valence-electron chi connectivity index (χ0n) is 12.5. The summed E-state index contributed by atoms with van der Waals surface area (Å²) >= 11 is 13.7. The number of rotatable bonds is 6. The minimum atomic E-state index is 0.245. The zero-order chi connectivity index (χ0) is 14.7. The molecule has 2 nitrogen and oxygen atoms in total. The topological polar surface area (TPSA) is 15.3 Å². The van der Waals surface area contributed by atoms with Gasteiger partial charge in [-0.15, -0.1) is 11.3 Å². The predicted octanol–water partition coefficient (Wildman–Crippen LogP) is 4.83. The Bertz CT molecular complexity index is 428. The van der Waals surface area contributed by atoms with Crippen LogP contribution in [0.5, 0.6) is 0 Å². The van der Waals surface area contributed by atoms with E-state index >= 15 is 0 Å². The van der Waals surface area contributed by atoms with Gasteiger partial charge in [0.2, 0.25) is 0 Å². The summed E-state index contributed by atoms with van der Waals surface area (Å²) in [5.74, 6) is 0.661. The average molecular weight is 335 g/mol. The first-order valence-corrected chi connectivity index (χ1v) is 8.98. The summed E-state index contributed by atoms with van der Waals surface area (Å²) in [6.45, 7) is 10.3. The molecule has 0 spiro atoms. The van der Waals surface area contributed by atoms with Crippen LogP contribution in [0.2, 0.25) is 8.67 Å². The number of likely N-dealkylation sites (tertiary alicyclic amines) is 1. The summed E-state index contributed by atoms with van der Waals surface area (Å²) in [6.07, 6.45) is 2.68. The number of halogens is 2. The van der Waals surface area contributed by atoms with Gasteiger partial charge in [0.25, 0.3) is 0 Å². The largest absolute Gasteiger partial charge is 0.309 e. The molecule has 0 amide bonds. The summed E-state index contributed by atoms with van der Waals surface area (Å²) < 4.78 is 1.57. The summed E-state index contributed by atoms with van der Waals surface area (Å²) in [4.78, 5) is 2.62. The van der Waals surface area contributed by atoms with Crippen LogP contribution in [0.15, 0.2) is 6.07 Å². The SMILES string of the molecule is CC(NCC(C(C)C)N1CCCC1)c1cc(Cl)sc1Cl. The quantitative estimate of drug-likeness (QED) is 0.801. The van der Waals surface area contributed by atoms with E-state index in [0.29, 0.717) is 12.0 Å². The number of thiophene rings is 1. The second-order valence-electron chi connectivity index (χ2n) is 5.96. The van der Waals surface area contributed by atoms with Crippen molar-refractivity contribution in [2.45, 2.75) is 45.7 Å². The molecule has 1 N–H and O–H groups in total. The van der Waals surface area contributed by atoms with E-state index in [1.54, 1.807) is 0 Å². The Morgan fingerprint density at radius 1 is 1.25 bits per heavy atom. The van der Waals surface area contributed by atoms with Crippen LogP contribution in [0.4, 0.5) is 0 Å². The maximum absolute atomic E-state index is 6.23. The highest BCUT2D eigenvalue weighted by molar-refractivity contribution is 7.20. The van der Waals surface area contributed by atoms with Crippen molar-refractivity contribution in [3.05, 3.63) is 20.3 Å². The second-order valence-corrected chi connectivity index (χ2v) is 8.25. The van der Waals surface area contributed by atoms with Crippen LogP contribution in [0.3, 0.4) is 0 Å².